The lowest BCUT2D eigenvalue weighted by Crippen LogP contribution is -2.41. The van der Waals surface area contributed by atoms with Crippen LogP contribution in [0.15, 0.2) is 9.31 Å². The van der Waals surface area contributed by atoms with E-state index in [0.29, 0.717) is 0 Å². The zero-order chi connectivity index (χ0) is 16.2. The van der Waals surface area contributed by atoms with E-state index in [-0.39, 0.29) is 28.6 Å². The van der Waals surface area contributed by atoms with Gasteiger partial charge in [0.05, 0.1) is 26.4 Å². The minimum absolute atomic E-state index is 0.0147. The van der Waals surface area contributed by atoms with Crippen molar-refractivity contribution in [3.8, 4) is 0 Å². The lowest BCUT2D eigenvalue weighted by Gasteiger charge is -2.15. The van der Waals surface area contributed by atoms with E-state index >= 15 is 0 Å². The second-order valence-electron chi connectivity index (χ2n) is 4.37. The van der Waals surface area contributed by atoms with Gasteiger partial charge in [0.15, 0.2) is 0 Å². The minimum atomic E-state index is -4.07. The molecular weight excluding hydrogens is 302 g/mol. The highest BCUT2D eigenvalue weighted by Crippen LogP contribution is 2.27. The van der Waals surface area contributed by atoms with Gasteiger partial charge < -0.3 is 19.0 Å². The highest BCUT2D eigenvalue weighted by Gasteiger charge is 2.32. The van der Waals surface area contributed by atoms with Crippen LogP contribution in [-0.2, 0) is 19.5 Å². The summed E-state index contributed by atoms with van der Waals surface area (Å²) in [4.78, 5) is 11.5. The van der Waals surface area contributed by atoms with Crippen LogP contribution >= 0.6 is 0 Å². The van der Waals surface area contributed by atoms with Gasteiger partial charge in [0, 0.05) is 7.11 Å². The third-order valence-corrected chi connectivity index (χ3v) is 4.45. The van der Waals surface area contributed by atoms with Crippen molar-refractivity contribution in [1.29, 1.82) is 0 Å². The van der Waals surface area contributed by atoms with E-state index in [0.717, 1.165) is 7.11 Å². The number of aryl methyl sites for hydroxylation is 2. The van der Waals surface area contributed by atoms with E-state index in [4.69, 9.17) is 14.3 Å². The van der Waals surface area contributed by atoms with Crippen LogP contribution in [0.2, 0.25) is 0 Å². The van der Waals surface area contributed by atoms with E-state index < -0.39 is 28.6 Å². The van der Waals surface area contributed by atoms with Gasteiger partial charge in [0.2, 0.25) is 10.0 Å². The van der Waals surface area contributed by atoms with Crippen LogP contribution in [0.5, 0.6) is 0 Å². The third kappa shape index (κ3) is 3.82. The molecule has 0 aliphatic carbocycles. The van der Waals surface area contributed by atoms with Crippen molar-refractivity contribution in [2.45, 2.75) is 24.8 Å². The molecule has 1 atom stereocenters. The number of aliphatic hydroxyl groups excluding tert-OH is 1. The summed E-state index contributed by atoms with van der Waals surface area (Å²) in [6.45, 7) is 2.44. The van der Waals surface area contributed by atoms with E-state index in [2.05, 4.69) is 9.46 Å². The molecule has 0 aromatic carbocycles. The fourth-order valence-corrected chi connectivity index (χ4v) is 3.54. The number of furan rings is 1. The highest BCUT2D eigenvalue weighted by molar-refractivity contribution is 7.89. The van der Waals surface area contributed by atoms with E-state index in [1.807, 2.05) is 0 Å². The molecule has 1 rings (SSSR count). The molecule has 120 valence electrons. The molecule has 9 heteroatoms. The van der Waals surface area contributed by atoms with Crippen LogP contribution in [0, 0.1) is 13.8 Å². The van der Waals surface area contributed by atoms with Gasteiger partial charge >= 0.3 is 5.97 Å². The summed E-state index contributed by atoms with van der Waals surface area (Å²) in [5.41, 5.74) is -0.156. The van der Waals surface area contributed by atoms with Crippen molar-refractivity contribution in [2.24, 2.45) is 0 Å². The second kappa shape index (κ2) is 7.03. The predicted molar refractivity (Wildman–Crippen MR) is 72.6 cm³/mol. The van der Waals surface area contributed by atoms with E-state index in [1.165, 1.54) is 21.0 Å². The molecule has 8 nitrogen and oxygen atoms in total. The van der Waals surface area contributed by atoms with Gasteiger partial charge in [-0.25, -0.2) is 17.9 Å². The number of carbonyl (C=O) groups is 1. The first-order chi connectivity index (χ1) is 9.78. The van der Waals surface area contributed by atoms with Gasteiger partial charge in [-0.15, -0.1) is 0 Å². The summed E-state index contributed by atoms with van der Waals surface area (Å²) >= 11 is 0. The largest absolute Gasteiger partial charge is 0.465 e. The van der Waals surface area contributed by atoms with Gasteiger partial charge in [-0.3, -0.25) is 0 Å². The number of nitrogens with one attached hydrogen (secondary N) is 1. The standard InChI is InChI=1S/C12H19NO7S/c1-7-10(12(15)19-4)11(8(2)20-7)21(16,17)13-9(5-14)6-18-3/h9,13-14H,5-6H2,1-4H3. The van der Waals surface area contributed by atoms with Gasteiger partial charge in [0.25, 0.3) is 0 Å². The number of sulfonamides is 1. The molecule has 1 aromatic rings. The fraction of sp³-hybridized carbons (Fsp3) is 0.583. The number of hydrogen-bond donors (Lipinski definition) is 2. The number of aliphatic hydroxyl groups is 1. The number of hydrogen-bond acceptors (Lipinski definition) is 7. The molecule has 1 heterocycles. The zero-order valence-corrected chi connectivity index (χ0v) is 13.1. The molecule has 0 aliphatic rings. The molecule has 0 spiro atoms. The van der Waals surface area contributed by atoms with Crippen LogP contribution in [-0.4, -0.2) is 53.0 Å². The topological polar surface area (TPSA) is 115 Å². The molecule has 0 aliphatic heterocycles. The SMILES string of the molecule is COCC(CO)NS(=O)(=O)c1c(C)oc(C)c1C(=O)OC. The van der Waals surface area contributed by atoms with Crippen molar-refractivity contribution < 1.29 is 32.2 Å². The predicted octanol–water partition coefficient (Wildman–Crippen LogP) is -0.0314. The average Bonchev–Trinajstić information content (AvgIpc) is 2.72. The maximum atomic E-state index is 12.4. The molecule has 1 unspecified atom stereocenters. The smallest absolute Gasteiger partial charge is 0.342 e. The Morgan fingerprint density at radius 3 is 2.43 bits per heavy atom. The highest BCUT2D eigenvalue weighted by atomic mass is 32.2. The molecule has 1 aromatic heterocycles. The number of ether oxygens (including phenoxy) is 2. The minimum Gasteiger partial charge on any atom is -0.465 e. The Morgan fingerprint density at radius 2 is 1.95 bits per heavy atom. The first-order valence-electron chi connectivity index (χ1n) is 6.08. The Morgan fingerprint density at radius 1 is 1.33 bits per heavy atom. The van der Waals surface area contributed by atoms with Crippen LogP contribution in [0.1, 0.15) is 21.9 Å². The summed E-state index contributed by atoms with van der Waals surface area (Å²) in [7, 11) is -1.55. The molecule has 0 fully saturated rings. The van der Waals surface area contributed by atoms with Crippen molar-refractivity contribution in [1.82, 2.24) is 4.72 Å². The average molecular weight is 321 g/mol. The fourth-order valence-electron chi connectivity index (χ4n) is 1.93. The van der Waals surface area contributed by atoms with Crippen LogP contribution < -0.4 is 4.72 Å². The normalized spacial score (nSPS) is 13.2. The Bertz CT molecular complexity index is 605. The maximum absolute atomic E-state index is 12.4. The summed E-state index contributed by atoms with van der Waals surface area (Å²) in [6, 6.07) is -0.833. The lowest BCUT2D eigenvalue weighted by atomic mass is 10.2. The summed E-state index contributed by atoms with van der Waals surface area (Å²) in [5, 5.41) is 9.14. The maximum Gasteiger partial charge on any atom is 0.342 e. The van der Waals surface area contributed by atoms with Crippen molar-refractivity contribution in [3.63, 3.8) is 0 Å². The number of rotatable bonds is 7. The van der Waals surface area contributed by atoms with Crippen molar-refractivity contribution in [2.75, 3.05) is 27.4 Å². The van der Waals surface area contributed by atoms with Crippen molar-refractivity contribution >= 4 is 16.0 Å². The first-order valence-corrected chi connectivity index (χ1v) is 7.57. The third-order valence-electron chi connectivity index (χ3n) is 2.77. The van der Waals surface area contributed by atoms with Crippen LogP contribution in [0.4, 0.5) is 0 Å². The number of carbonyl (C=O) groups excluding carboxylic acids is 1. The Hall–Kier alpha value is -1.42. The number of esters is 1. The Labute approximate surface area is 123 Å². The molecule has 0 bridgehead atoms. The van der Waals surface area contributed by atoms with Crippen LogP contribution in [0.25, 0.3) is 0 Å². The quantitative estimate of drug-likeness (QED) is 0.677. The first kappa shape index (κ1) is 17.6. The molecule has 0 saturated carbocycles. The van der Waals surface area contributed by atoms with Crippen LogP contribution in [0.3, 0.4) is 0 Å². The molecule has 21 heavy (non-hydrogen) atoms. The Kier molecular flexibility index (Phi) is 5.90. The van der Waals surface area contributed by atoms with Crippen molar-refractivity contribution in [3.05, 3.63) is 17.1 Å². The molecule has 2 N–H and O–H groups in total. The number of methoxy groups -OCH3 is 2. The molecule has 0 saturated heterocycles. The zero-order valence-electron chi connectivity index (χ0n) is 12.3. The lowest BCUT2D eigenvalue weighted by molar-refractivity contribution is 0.0595. The molecule has 0 amide bonds. The van der Waals surface area contributed by atoms with Gasteiger partial charge in [-0.05, 0) is 13.8 Å². The second-order valence-corrected chi connectivity index (χ2v) is 6.02. The summed E-state index contributed by atoms with van der Waals surface area (Å²) in [5.74, 6) is -0.599. The Balaban J connectivity index is 3.28. The van der Waals surface area contributed by atoms with Gasteiger partial charge in [-0.2, -0.15) is 0 Å². The summed E-state index contributed by atoms with van der Waals surface area (Å²) < 4.78 is 41.7. The van der Waals surface area contributed by atoms with Gasteiger partial charge in [0.1, 0.15) is 22.0 Å². The van der Waals surface area contributed by atoms with E-state index in [9.17, 15) is 13.2 Å². The molecule has 0 radical (unpaired) electrons. The van der Waals surface area contributed by atoms with E-state index in [1.54, 1.807) is 0 Å². The van der Waals surface area contributed by atoms with Gasteiger partial charge in [-0.1, -0.05) is 0 Å². The molecular formula is C12H19NO7S. The monoisotopic (exact) mass is 321 g/mol. The summed E-state index contributed by atoms with van der Waals surface area (Å²) in [6.07, 6.45) is 0.